The lowest BCUT2D eigenvalue weighted by Crippen LogP contribution is -2.43. The van der Waals surface area contributed by atoms with Crippen molar-refractivity contribution in [3.05, 3.63) is 56.0 Å². The summed E-state index contributed by atoms with van der Waals surface area (Å²) in [5.41, 5.74) is -8.50. The molecule has 0 aliphatic rings. The molecular weight excluding hydrogens is 457 g/mol. The van der Waals surface area contributed by atoms with Crippen LogP contribution in [0.3, 0.4) is 0 Å². The Morgan fingerprint density at radius 3 is 1.97 bits per heavy atom. The SMILES string of the molecule is CCn1c(=O)c(Cl)c(C(F)(F)F)n(C)c1=Nc1ccc(C(F)(F)F)cc1C(F)(F)F. The molecule has 0 amide bonds. The highest BCUT2D eigenvalue weighted by molar-refractivity contribution is 6.31. The molecule has 0 bridgehead atoms. The summed E-state index contributed by atoms with van der Waals surface area (Å²) in [6, 6.07) is 0.439. The summed E-state index contributed by atoms with van der Waals surface area (Å²) in [5.74, 6) is 0. The van der Waals surface area contributed by atoms with E-state index in [-0.39, 0.29) is 17.2 Å². The van der Waals surface area contributed by atoms with Crippen molar-refractivity contribution in [2.75, 3.05) is 0 Å². The summed E-state index contributed by atoms with van der Waals surface area (Å²) in [5, 5.41) is -1.23. The monoisotopic (exact) mass is 467 g/mol. The molecule has 0 aliphatic heterocycles. The zero-order chi connectivity index (χ0) is 23.2. The second-order valence-electron chi connectivity index (χ2n) is 5.91. The van der Waals surface area contributed by atoms with Crippen molar-refractivity contribution in [1.29, 1.82) is 0 Å². The van der Waals surface area contributed by atoms with Crippen LogP contribution in [0, 0.1) is 0 Å². The van der Waals surface area contributed by atoms with E-state index in [2.05, 4.69) is 4.99 Å². The topological polar surface area (TPSA) is 39.3 Å². The van der Waals surface area contributed by atoms with Gasteiger partial charge in [-0.3, -0.25) is 9.36 Å². The highest BCUT2D eigenvalue weighted by atomic mass is 35.5. The van der Waals surface area contributed by atoms with Crippen LogP contribution >= 0.6 is 11.6 Å². The summed E-state index contributed by atoms with van der Waals surface area (Å²) in [4.78, 5) is 15.6. The van der Waals surface area contributed by atoms with Crippen LogP contribution in [0.1, 0.15) is 23.7 Å². The van der Waals surface area contributed by atoms with E-state index in [0.717, 1.165) is 7.05 Å². The molecule has 166 valence electrons. The lowest BCUT2D eigenvalue weighted by molar-refractivity contribution is -0.144. The van der Waals surface area contributed by atoms with Crippen LogP contribution in [-0.2, 0) is 32.1 Å². The molecule has 0 aliphatic carbocycles. The van der Waals surface area contributed by atoms with Gasteiger partial charge in [-0.1, -0.05) is 11.6 Å². The molecule has 1 aromatic heterocycles. The van der Waals surface area contributed by atoms with Crippen molar-refractivity contribution in [3.8, 4) is 0 Å². The van der Waals surface area contributed by atoms with E-state index >= 15 is 0 Å². The first-order valence-corrected chi connectivity index (χ1v) is 8.27. The maximum atomic E-state index is 13.3. The highest BCUT2D eigenvalue weighted by Crippen LogP contribution is 2.40. The van der Waals surface area contributed by atoms with Gasteiger partial charge >= 0.3 is 18.5 Å². The van der Waals surface area contributed by atoms with E-state index in [9.17, 15) is 44.3 Å². The largest absolute Gasteiger partial charge is 0.433 e. The van der Waals surface area contributed by atoms with Gasteiger partial charge in [-0.05, 0) is 25.1 Å². The molecule has 0 N–H and O–H groups in total. The first-order valence-electron chi connectivity index (χ1n) is 7.89. The quantitative estimate of drug-likeness (QED) is 0.563. The summed E-state index contributed by atoms with van der Waals surface area (Å²) in [6.07, 6.45) is -15.6. The molecule has 0 saturated carbocycles. The van der Waals surface area contributed by atoms with Crippen molar-refractivity contribution in [3.63, 3.8) is 0 Å². The smallest absolute Gasteiger partial charge is 0.309 e. The fraction of sp³-hybridized carbons (Fsp3) is 0.375. The van der Waals surface area contributed by atoms with Crippen LogP contribution in [0.25, 0.3) is 0 Å². The van der Waals surface area contributed by atoms with Crippen LogP contribution in [-0.4, -0.2) is 9.13 Å². The van der Waals surface area contributed by atoms with E-state index in [0.29, 0.717) is 16.7 Å². The second kappa shape index (κ2) is 7.67. The van der Waals surface area contributed by atoms with Crippen LogP contribution in [0.2, 0.25) is 5.02 Å². The van der Waals surface area contributed by atoms with E-state index < -0.39 is 57.2 Å². The Hall–Kier alpha value is -2.44. The lowest BCUT2D eigenvalue weighted by Gasteiger charge is -2.18. The molecule has 30 heavy (non-hydrogen) atoms. The fourth-order valence-corrected chi connectivity index (χ4v) is 2.95. The average Bonchev–Trinajstić information content (AvgIpc) is 2.57. The van der Waals surface area contributed by atoms with Crippen molar-refractivity contribution >= 4 is 17.3 Å². The van der Waals surface area contributed by atoms with Gasteiger partial charge in [0.1, 0.15) is 10.7 Å². The Morgan fingerprint density at radius 1 is 0.967 bits per heavy atom. The molecule has 2 rings (SSSR count). The molecule has 0 fully saturated rings. The highest BCUT2D eigenvalue weighted by Gasteiger charge is 2.40. The number of benzene rings is 1. The van der Waals surface area contributed by atoms with Gasteiger partial charge in [-0.15, -0.1) is 0 Å². The second-order valence-corrected chi connectivity index (χ2v) is 6.29. The van der Waals surface area contributed by atoms with Crippen LogP contribution in [0.4, 0.5) is 45.2 Å². The third kappa shape index (κ3) is 4.50. The molecule has 0 atom stereocenters. The van der Waals surface area contributed by atoms with E-state index in [1.54, 1.807) is 0 Å². The standard InChI is InChI=1S/C16H11ClF9N3O/c1-3-29-12(30)10(17)11(16(24,25)26)28(2)13(29)27-9-5-4-7(14(18,19)20)6-8(9)15(21,22)23/h4-6H,3H2,1-2H3. The van der Waals surface area contributed by atoms with Gasteiger partial charge in [0.15, 0.2) is 0 Å². The molecule has 0 spiro atoms. The first kappa shape index (κ1) is 23.8. The normalized spacial score (nSPS) is 13.8. The molecule has 14 heteroatoms. The lowest BCUT2D eigenvalue weighted by atomic mass is 10.1. The Labute approximate surface area is 166 Å². The van der Waals surface area contributed by atoms with Crippen LogP contribution < -0.4 is 11.2 Å². The molecule has 0 unspecified atom stereocenters. The van der Waals surface area contributed by atoms with E-state index in [1.807, 2.05) is 0 Å². The van der Waals surface area contributed by atoms with Gasteiger partial charge < -0.3 is 4.57 Å². The minimum Gasteiger partial charge on any atom is -0.309 e. The third-order valence-corrected chi connectivity index (χ3v) is 4.29. The number of hydrogen-bond acceptors (Lipinski definition) is 2. The summed E-state index contributed by atoms with van der Waals surface area (Å²) in [6.45, 7) is 0.965. The Morgan fingerprint density at radius 2 is 1.53 bits per heavy atom. The van der Waals surface area contributed by atoms with E-state index in [4.69, 9.17) is 11.6 Å². The molecule has 4 nitrogen and oxygen atoms in total. The van der Waals surface area contributed by atoms with Gasteiger partial charge in [0.25, 0.3) is 5.56 Å². The summed E-state index contributed by atoms with van der Waals surface area (Å²) in [7, 11) is 0.760. The van der Waals surface area contributed by atoms with Gasteiger partial charge in [0, 0.05) is 13.6 Å². The van der Waals surface area contributed by atoms with Gasteiger partial charge in [0.05, 0.1) is 16.8 Å². The van der Waals surface area contributed by atoms with Crippen LogP contribution in [0.15, 0.2) is 28.0 Å². The number of rotatable bonds is 2. The Balaban J connectivity index is 3.00. The predicted octanol–water partition coefficient (Wildman–Crippen LogP) is 5.15. The number of halogens is 10. The summed E-state index contributed by atoms with van der Waals surface area (Å²) >= 11 is 5.50. The Bertz CT molecular complexity index is 1090. The van der Waals surface area contributed by atoms with Crippen molar-refractivity contribution in [2.24, 2.45) is 12.0 Å². The van der Waals surface area contributed by atoms with Gasteiger partial charge in [-0.2, -0.15) is 39.5 Å². The predicted molar refractivity (Wildman–Crippen MR) is 87.0 cm³/mol. The number of alkyl halides is 9. The fourth-order valence-electron chi connectivity index (χ4n) is 2.62. The van der Waals surface area contributed by atoms with Gasteiger partial charge in [0.2, 0.25) is 5.62 Å². The third-order valence-electron chi connectivity index (χ3n) is 3.95. The molecule has 2 aromatic rings. The molecule has 1 heterocycles. The zero-order valence-electron chi connectivity index (χ0n) is 15.0. The minimum absolute atomic E-state index is 0.214. The van der Waals surface area contributed by atoms with Crippen molar-refractivity contribution < 1.29 is 39.5 Å². The number of aromatic nitrogens is 2. The van der Waals surface area contributed by atoms with E-state index in [1.165, 1.54) is 6.92 Å². The molecular formula is C16H11ClF9N3O. The Kier molecular flexibility index (Phi) is 6.09. The maximum absolute atomic E-state index is 13.3. The number of nitrogens with zero attached hydrogens (tertiary/aromatic N) is 3. The molecule has 0 saturated heterocycles. The van der Waals surface area contributed by atoms with Crippen molar-refractivity contribution in [2.45, 2.75) is 32.0 Å². The van der Waals surface area contributed by atoms with Crippen LogP contribution in [0.5, 0.6) is 0 Å². The average molecular weight is 468 g/mol. The minimum atomic E-state index is -5.31. The zero-order valence-corrected chi connectivity index (χ0v) is 15.7. The summed E-state index contributed by atoms with van der Waals surface area (Å²) < 4.78 is 119. The number of hydrogen-bond donors (Lipinski definition) is 0. The molecule has 0 radical (unpaired) electrons. The first-order chi connectivity index (χ1) is 13.5. The van der Waals surface area contributed by atoms with Gasteiger partial charge in [-0.25, -0.2) is 4.99 Å². The van der Waals surface area contributed by atoms with Crippen molar-refractivity contribution in [1.82, 2.24) is 9.13 Å². The maximum Gasteiger partial charge on any atom is 0.433 e. The molecule has 1 aromatic carbocycles.